The summed E-state index contributed by atoms with van der Waals surface area (Å²) in [6.07, 6.45) is 1.81. The molecule has 64 valence electrons. The molecule has 12 heavy (non-hydrogen) atoms. The summed E-state index contributed by atoms with van der Waals surface area (Å²) >= 11 is 0. The standard InChI is InChI=1S/C10H11FO/c11-9-5-3-8(4-6-9)10(12)7-1-2-7/h3-7,10,12H,1-2H2/t10-/m1/s1. The molecule has 1 nitrogen and oxygen atoms in total. The summed E-state index contributed by atoms with van der Waals surface area (Å²) in [5.41, 5.74) is 0.832. The molecular weight excluding hydrogens is 155 g/mol. The van der Waals surface area contributed by atoms with Crippen molar-refractivity contribution >= 4 is 0 Å². The van der Waals surface area contributed by atoms with Gasteiger partial charge in [-0.15, -0.1) is 0 Å². The Morgan fingerprint density at radius 3 is 2.33 bits per heavy atom. The number of hydrogen-bond donors (Lipinski definition) is 1. The van der Waals surface area contributed by atoms with E-state index in [9.17, 15) is 9.50 Å². The van der Waals surface area contributed by atoms with Crippen LogP contribution in [0, 0.1) is 11.7 Å². The fraction of sp³-hybridized carbons (Fsp3) is 0.400. The van der Waals surface area contributed by atoms with Gasteiger partial charge in [-0.25, -0.2) is 4.39 Å². The van der Waals surface area contributed by atoms with Gasteiger partial charge in [-0.2, -0.15) is 0 Å². The van der Waals surface area contributed by atoms with Gasteiger partial charge in [-0.3, -0.25) is 0 Å². The summed E-state index contributed by atoms with van der Waals surface area (Å²) in [4.78, 5) is 0. The van der Waals surface area contributed by atoms with Gasteiger partial charge >= 0.3 is 0 Å². The van der Waals surface area contributed by atoms with Gasteiger partial charge in [0.25, 0.3) is 0 Å². The van der Waals surface area contributed by atoms with Crippen LogP contribution in [0.25, 0.3) is 0 Å². The van der Waals surface area contributed by atoms with Crippen molar-refractivity contribution in [2.24, 2.45) is 5.92 Å². The molecule has 1 atom stereocenters. The first-order chi connectivity index (χ1) is 5.77. The average molecular weight is 166 g/mol. The summed E-state index contributed by atoms with van der Waals surface area (Å²) in [5, 5.41) is 9.63. The quantitative estimate of drug-likeness (QED) is 0.714. The van der Waals surface area contributed by atoms with Crippen molar-refractivity contribution in [2.45, 2.75) is 18.9 Å². The minimum Gasteiger partial charge on any atom is -0.388 e. The molecule has 1 aromatic rings. The number of hydrogen-bond acceptors (Lipinski definition) is 1. The lowest BCUT2D eigenvalue weighted by molar-refractivity contribution is 0.154. The minimum absolute atomic E-state index is 0.248. The van der Waals surface area contributed by atoms with E-state index in [1.54, 1.807) is 12.1 Å². The smallest absolute Gasteiger partial charge is 0.123 e. The van der Waals surface area contributed by atoms with E-state index in [1.165, 1.54) is 12.1 Å². The Kier molecular flexibility index (Phi) is 1.85. The number of aliphatic hydroxyl groups is 1. The zero-order valence-corrected chi connectivity index (χ0v) is 6.70. The Hall–Kier alpha value is -0.890. The van der Waals surface area contributed by atoms with Crippen LogP contribution in [-0.4, -0.2) is 5.11 Å². The highest BCUT2D eigenvalue weighted by atomic mass is 19.1. The van der Waals surface area contributed by atoms with Gasteiger partial charge in [-0.1, -0.05) is 12.1 Å². The number of aliphatic hydroxyl groups excluding tert-OH is 1. The van der Waals surface area contributed by atoms with E-state index in [2.05, 4.69) is 0 Å². The molecule has 1 fully saturated rings. The van der Waals surface area contributed by atoms with Crippen LogP contribution in [0.2, 0.25) is 0 Å². The molecule has 0 aromatic heterocycles. The minimum atomic E-state index is -0.384. The normalized spacial score (nSPS) is 19.2. The zero-order chi connectivity index (χ0) is 8.55. The molecule has 0 spiro atoms. The molecule has 2 heteroatoms. The first kappa shape index (κ1) is 7.74. The third-order valence-corrected chi connectivity index (χ3v) is 2.28. The van der Waals surface area contributed by atoms with Crippen LogP contribution >= 0.6 is 0 Å². The molecule has 1 saturated carbocycles. The van der Waals surface area contributed by atoms with Crippen molar-refractivity contribution in [3.63, 3.8) is 0 Å². The van der Waals surface area contributed by atoms with Crippen molar-refractivity contribution in [1.82, 2.24) is 0 Å². The van der Waals surface area contributed by atoms with Crippen LogP contribution in [0.5, 0.6) is 0 Å². The van der Waals surface area contributed by atoms with Crippen molar-refractivity contribution < 1.29 is 9.50 Å². The van der Waals surface area contributed by atoms with E-state index >= 15 is 0 Å². The van der Waals surface area contributed by atoms with Gasteiger partial charge in [0.2, 0.25) is 0 Å². The summed E-state index contributed by atoms with van der Waals surface area (Å²) < 4.78 is 12.5. The molecule has 0 saturated heterocycles. The molecule has 0 heterocycles. The zero-order valence-electron chi connectivity index (χ0n) is 6.70. The van der Waals surface area contributed by atoms with Crippen LogP contribution in [0.15, 0.2) is 24.3 Å². The molecule has 0 radical (unpaired) electrons. The number of rotatable bonds is 2. The SMILES string of the molecule is O[C@@H](c1ccc(F)cc1)C1CC1. The molecule has 0 amide bonds. The van der Waals surface area contributed by atoms with Crippen LogP contribution < -0.4 is 0 Å². The van der Waals surface area contributed by atoms with Crippen molar-refractivity contribution in [1.29, 1.82) is 0 Å². The Balaban J connectivity index is 2.16. The fourth-order valence-electron chi connectivity index (χ4n) is 1.34. The fourth-order valence-corrected chi connectivity index (χ4v) is 1.34. The van der Waals surface area contributed by atoms with Gasteiger partial charge < -0.3 is 5.11 Å². The first-order valence-electron chi connectivity index (χ1n) is 4.21. The molecule has 0 bridgehead atoms. The first-order valence-corrected chi connectivity index (χ1v) is 4.21. The lowest BCUT2D eigenvalue weighted by atomic mass is 10.1. The molecular formula is C10H11FO. The van der Waals surface area contributed by atoms with Gasteiger partial charge in [0.1, 0.15) is 5.82 Å². The predicted molar refractivity (Wildman–Crippen MR) is 44.1 cm³/mol. The van der Waals surface area contributed by atoms with Crippen LogP contribution in [0.3, 0.4) is 0 Å². The van der Waals surface area contributed by atoms with Gasteiger partial charge in [-0.05, 0) is 36.5 Å². The highest BCUT2D eigenvalue weighted by molar-refractivity contribution is 5.20. The monoisotopic (exact) mass is 166 g/mol. The van der Waals surface area contributed by atoms with Crippen LogP contribution in [0.4, 0.5) is 4.39 Å². The van der Waals surface area contributed by atoms with Crippen molar-refractivity contribution in [2.75, 3.05) is 0 Å². The molecule has 1 aliphatic rings. The lowest BCUT2D eigenvalue weighted by Gasteiger charge is -2.08. The Bertz CT molecular complexity index is 264. The molecule has 0 aliphatic heterocycles. The summed E-state index contributed by atoms with van der Waals surface area (Å²) in [6, 6.07) is 6.08. The largest absolute Gasteiger partial charge is 0.388 e. The molecule has 0 unspecified atom stereocenters. The third kappa shape index (κ3) is 1.48. The maximum absolute atomic E-state index is 12.5. The second-order valence-electron chi connectivity index (χ2n) is 3.33. The van der Waals surface area contributed by atoms with Crippen molar-refractivity contribution in [3.8, 4) is 0 Å². The van der Waals surface area contributed by atoms with E-state index < -0.39 is 0 Å². The van der Waals surface area contributed by atoms with Gasteiger partial charge in [0.05, 0.1) is 6.10 Å². The maximum Gasteiger partial charge on any atom is 0.123 e. The lowest BCUT2D eigenvalue weighted by Crippen LogP contribution is -1.98. The second kappa shape index (κ2) is 2.87. The van der Waals surface area contributed by atoms with Crippen LogP contribution in [0.1, 0.15) is 24.5 Å². The maximum atomic E-state index is 12.5. The van der Waals surface area contributed by atoms with E-state index in [0.717, 1.165) is 18.4 Å². The van der Waals surface area contributed by atoms with E-state index in [0.29, 0.717) is 5.92 Å². The Morgan fingerprint density at radius 1 is 1.25 bits per heavy atom. The van der Waals surface area contributed by atoms with E-state index in [4.69, 9.17) is 0 Å². The van der Waals surface area contributed by atoms with E-state index in [-0.39, 0.29) is 11.9 Å². The second-order valence-corrected chi connectivity index (χ2v) is 3.33. The highest BCUT2D eigenvalue weighted by Gasteiger charge is 2.30. The Labute approximate surface area is 70.8 Å². The van der Waals surface area contributed by atoms with Crippen molar-refractivity contribution in [3.05, 3.63) is 35.6 Å². The molecule has 1 aliphatic carbocycles. The summed E-state index contributed by atoms with van der Waals surface area (Å²) in [7, 11) is 0. The molecule has 1 N–H and O–H groups in total. The topological polar surface area (TPSA) is 20.2 Å². The summed E-state index contributed by atoms with van der Waals surface area (Å²) in [5.74, 6) is 0.164. The number of halogens is 1. The van der Waals surface area contributed by atoms with E-state index in [1.807, 2.05) is 0 Å². The number of benzene rings is 1. The van der Waals surface area contributed by atoms with Gasteiger partial charge in [0, 0.05) is 0 Å². The molecule has 1 aromatic carbocycles. The Morgan fingerprint density at radius 2 is 1.83 bits per heavy atom. The highest BCUT2D eigenvalue weighted by Crippen LogP contribution is 2.40. The average Bonchev–Trinajstić information content (AvgIpc) is 2.87. The predicted octanol–water partition coefficient (Wildman–Crippen LogP) is 2.27. The summed E-state index contributed by atoms with van der Waals surface area (Å²) in [6.45, 7) is 0. The third-order valence-electron chi connectivity index (χ3n) is 2.28. The van der Waals surface area contributed by atoms with Crippen LogP contribution in [-0.2, 0) is 0 Å². The molecule has 2 rings (SSSR count). The van der Waals surface area contributed by atoms with Gasteiger partial charge in [0.15, 0.2) is 0 Å².